The average Bonchev–Trinajstić information content (AvgIpc) is 2.62. The highest BCUT2D eigenvalue weighted by molar-refractivity contribution is 6.37. The molecule has 0 heterocycles. The number of phenols is 1. The van der Waals surface area contributed by atoms with Gasteiger partial charge in [0.05, 0.1) is 10.7 Å². The Morgan fingerprint density at radius 3 is 2.56 bits per heavy atom. The molecule has 0 saturated carbocycles. The van der Waals surface area contributed by atoms with Gasteiger partial charge in [-0.2, -0.15) is 0 Å². The summed E-state index contributed by atoms with van der Waals surface area (Å²) in [6, 6.07) is 7.32. The summed E-state index contributed by atoms with van der Waals surface area (Å²) in [5.41, 5.74) is 2.83. The molecule has 4 nitrogen and oxygen atoms in total. The molecule has 0 fully saturated rings. The van der Waals surface area contributed by atoms with E-state index in [0.29, 0.717) is 22.8 Å². The van der Waals surface area contributed by atoms with Gasteiger partial charge in [0.1, 0.15) is 5.75 Å². The molecule has 27 heavy (non-hydrogen) atoms. The summed E-state index contributed by atoms with van der Waals surface area (Å²) in [5.74, 6) is 0.114. The van der Waals surface area contributed by atoms with Crippen LogP contribution in [-0.4, -0.2) is 17.1 Å². The molecule has 0 aliphatic heterocycles. The van der Waals surface area contributed by atoms with Gasteiger partial charge >= 0.3 is 0 Å². The molecule has 1 atom stereocenters. The minimum Gasteiger partial charge on any atom is -0.504 e. The topological polar surface area (TPSA) is 58.6 Å². The van der Waals surface area contributed by atoms with E-state index in [1.54, 1.807) is 6.92 Å². The van der Waals surface area contributed by atoms with Crippen LogP contribution in [0.1, 0.15) is 42.9 Å². The lowest BCUT2D eigenvalue weighted by Gasteiger charge is -2.21. The Balaban J connectivity index is 2.24. The highest BCUT2D eigenvalue weighted by atomic mass is 35.5. The number of benzene rings is 2. The SMILES string of the molecule is CCCCC(Oc1ccc(C)cc1C)C(=O)Nc1cc(Cl)c(C)c(Cl)c1O. The van der Waals surface area contributed by atoms with Crippen LogP contribution in [0.25, 0.3) is 0 Å². The highest BCUT2D eigenvalue weighted by Crippen LogP contribution is 2.39. The Kier molecular flexibility index (Phi) is 7.40. The van der Waals surface area contributed by atoms with Gasteiger partial charge in [-0.3, -0.25) is 4.79 Å². The van der Waals surface area contributed by atoms with Gasteiger partial charge in [0.25, 0.3) is 5.91 Å². The molecule has 0 aliphatic carbocycles. The zero-order valence-corrected chi connectivity index (χ0v) is 17.5. The van der Waals surface area contributed by atoms with Crippen molar-refractivity contribution in [3.63, 3.8) is 0 Å². The Morgan fingerprint density at radius 2 is 1.93 bits per heavy atom. The van der Waals surface area contributed by atoms with Crippen molar-refractivity contribution in [2.24, 2.45) is 0 Å². The lowest BCUT2D eigenvalue weighted by atomic mass is 10.1. The maximum atomic E-state index is 12.8. The third-order valence-electron chi connectivity index (χ3n) is 4.39. The van der Waals surface area contributed by atoms with Gasteiger partial charge in [-0.25, -0.2) is 0 Å². The Morgan fingerprint density at radius 1 is 1.22 bits per heavy atom. The van der Waals surface area contributed by atoms with Crippen LogP contribution in [0.15, 0.2) is 24.3 Å². The minimum atomic E-state index is -0.690. The lowest BCUT2D eigenvalue weighted by molar-refractivity contribution is -0.123. The summed E-state index contributed by atoms with van der Waals surface area (Å²) in [6.07, 6.45) is 1.64. The fraction of sp³-hybridized carbons (Fsp3) is 0.381. The van der Waals surface area contributed by atoms with Gasteiger partial charge < -0.3 is 15.2 Å². The average molecular weight is 410 g/mol. The Bertz CT molecular complexity index is 837. The van der Waals surface area contributed by atoms with Crippen LogP contribution in [0.5, 0.6) is 11.5 Å². The number of nitrogens with one attached hydrogen (secondary N) is 1. The van der Waals surface area contributed by atoms with E-state index in [0.717, 1.165) is 24.0 Å². The van der Waals surface area contributed by atoms with E-state index in [-0.39, 0.29) is 22.4 Å². The van der Waals surface area contributed by atoms with Crippen LogP contribution < -0.4 is 10.1 Å². The van der Waals surface area contributed by atoms with Crippen molar-refractivity contribution in [3.8, 4) is 11.5 Å². The number of hydrogen-bond acceptors (Lipinski definition) is 3. The molecule has 2 N–H and O–H groups in total. The van der Waals surface area contributed by atoms with Crippen LogP contribution >= 0.6 is 23.2 Å². The van der Waals surface area contributed by atoms with Crippen molar-refractivity contribution in [2.45, 2.75) is 53.1 Å². The van der Waals surface area contributed by atoms with Crippen molar-refractivity contribution >= 4 is 34.8 Å². The summed E-state index contributed by atoms with van der Waals surface area (Å²) >= 11 is 12.2. The summed E-state index contributed by atoms with van der Waals surface area (Å²) in [6.45, 7) is 7.70. The van der Waals surface area contributed by atoms with Crippen molar-refractivity contribution < 1.29 is 14.6 Å². The number of rotatable bonds is 7. The van der Waals surface area contributed by atoms with Gasteiger partial charge in [0.15, 0.2) is 11.9 Å². The predicted octanol–water partition coefficient (Wildman–Crippen LogP) is 6.20. The van der Waals surface area contributed by atoms with Crippen molar-refractivity contribution in [1.29, 1.82) is 0 Å². The van der Waals surface area contributed by atoms with E-state index in [9.17, 15) is 9.90 Å². The summed E-state index contributed by atoms with van der Waals surface area (Å²) < 4.78 is 6.00. The number of amides is 1. The Labute approximate surface area is 170 Å². The van der Waals surface area contributed by atoms with Gasteiger partial charge in [0.2, 0.25) is 0 Å². The van der Waals surface area contributed by atoms with Gasteiger partial charge in [-0.05, 0) is 56.9 Å². The first-order valence-electron chi connectivity index (χ1n) is 8.96. The predicted molar refractivity (Wildman–Crippen MR) is 111 cm³/mol. The molecule has 1 unspecified atom stereocenters. The maximum absolute atomic E-state index is 12.8. The van der Waals surface area contributed by atoms with Crippen LogP contribution in [0.4, 0.5) is 5.69 Å². The minimum absolute atomic E-state index is 0.123. The molecule has 0 saturated heterocycles. The zero-order valence-electron chi connectivity index (χ0n) is 16.0. The Hall–Kier alpha value is -1.91. The summed E-state index contributed by atoms with van der Waals surface area (Å²) in [4.78, 5) is 12.8. The smallest absolute Gasteiger partial charge is 0.265 e. The number of anilines is 1. The van der Waals surface area contributed by atoms with Crippen LogP contribution in [0.2, 0.25) is 10.0 Å². The number of unbranched alkanes of at least 4 members (excludes halogenated alkanes) is 1. The molecule has 2 aromatic carbocycles. The van der Waals surface area contributed by atoms with Gasteiger partial charge in [-0.15, -0.1) is 0 Å². The molecule has 0 aromatic heterocycles. The monoisotopic (exact) mass is 409 g/mol. The quantitative estimate of drug-likeness (QED) is 0.535. The normalized spacial score (nSPS) is 11.9. The highest BCUT2D eigenvalue weighted by Gasteiger charge is 2.23. The zero-order chi connectivity index (χ0) is 20.1. The number of carbonyl (C=O) groups excluding carboxylic acids is 1. The lowest BCUT2D eigenvalue weighted by Crippen LogP contribution is -2.33. The number of aromatic hydroxyl groups is 1. The van der Waals surface area contributed by atoms with E-state index >= 15 is 0 Å². The van der Waals surface area contributed by atoms with Gasteiger partial charge in [0, 0.05) is 5.02 Å². The molecule has 2 rings (SSSR count). The van der Waals surface area contributed by atoms with Crippen LogP contribution in [0, 0.1) is 20.8 Å². The first-order valence-corrected chi connectivity index (χ1v) is 9.72. The molecule has 2 aromatic rings. The van der Waals surface area contributed by atoms with E-state index < -0.39 is 6.10 Å². The molecule has 1 amide bonds. The third-order valence-corrected chi connectivity index (χ3v) is 5.25. The van der Waals surface area contributed by atoms with E-state index in [2.05, 4.69) is 12.2 Å². The molecule has 0 bridgehead atoms. The second kappa shape index (κ2) is 9.34. The number of phenolic OH excluding ortho intramolecular Hbond substituents is 1. The second-order valence-corrected chi connectivity index (χ2v) is 7.49. The molecular weight excluding hydrogens is 385 g/mol. The number of aryl methyl sites for hydroxylation is 2. The van der Waals surface area contributed by atoms with E-state index in [4.69, 9.17) is 27.9 Å². The molecular formula is C21H25Cl2NO3. The second-order valence-electron chi connectivity index (χ2n) is 6.70. The summed E-state index contributed by atoms with van der Waals surface area (Å²) in [5, 5.41) is 13.4. The molecule has 6 heteroatoms. The third kappa shape index (κ3) is 5.30. The number of halogens is 2. The molecule has 0 spiro atoms. The fourth-order valence-corrected chi connectivity index (χ4v) is 3.19. The maximum Gasteiger partial charge on any atom is 0.265 e. The van der Waals surface area contributed by atoms with Crippen LogP contribution in [0.3, 0.4) is 0 Å². The number of carbonyl (C=O) groups is 1. The number of hydrogen-bond donors (Lipinski definition) is 2. The van der Waals surface area contributed by atoms with E-state index in [1.807, 2.05) is 32.0 Å². The molecule has 0 radical (unpaired) electrons. The van der Waals surface area contributed by atoms with Gasteiger partial charge in [-0.1, -0.05) is 54.2 Å². The fourth-order valence-electron chi connectivity index (χ4n) is 2.73. The first-order chi connectivity index (χ1) is 12.7. The molecule has 146 valence electrons. The largest absolute Gasteiger partial charge is 0.504 e. The summed E-state index contributed by atoms with van der Waals surface area (Å²) in [7, 11) is 0. The van der Waals surface area contributed by atoms with E-state index in [1.165, 1.54) is 6.07 Å². The van der Waals surface area contributed by atoms with Crippen LogP contribution in [-0.2, 0) is 4.79 Å². The first kappa shape index (κ1) is 21.4. The molecule has 0 aliphatic rings. The van der Waals surface area contributed by atoms with Crippen molar-refractivity contribution in [3.05, 3.63) is 51.0 Å². The van der Waals surface area contributed by atoms with Crippen molar-refractivity contribution in [2.75, 3.05) is 5.32 Å². The standard InChI is InChI=1S/C21H25Cl2NO3/c1-5-6-7-18(27-17-9-8-12(2)10-13(17)3)21(26)24-16-11-15(22)14(4)19(23)20(16)25/h8-11,18,25H,5-7H2,1-4H3,(H,24,26). The number of ether oxygens (including phenoxy) is 1. The van der Waals surface area contributed by atoms with Crippen molar-refractivity contribution in [1.82, 2.24) is 0 Å².